The maximum Gasteiger partial charge on any atom is 0.264 e. The van der Waals surface area contributed by atoms with Gasteiger partial charge in [0.05, 0.1) is 24.8 Å². The molecule has 9 nitrogen and oxygen atoms in total. The molecule has 3 aromatic rings. The summed E-state index contributed by atoms with van der Waals surface area (Å²) in [5.74, 6) is -0.314. The number of rotatable bonds is 13. The molecule has 11 heteroatoms. The summed E-state index contributed by atoms with van der Waals surface area (Å²) in [4.78, 5) is 28.5. The van der Waals surface area contributed by atoms with E-state index in [-0.39, 0.29) is 29.1 Å². The minimum Gasteiger partial charge on any atom is -0.493 e. The zero-order valence-electron chi connectivity index (χ0n) is 24.8. The van der Waals surface area contributed by atoms with Crippen LogP contribution in [0.1, 0.15) is 38.3 Å². The van der Waals surface area contributed by atoms with E-state index in [1.165, 1.54) is 37.3 Å². The fourth-order valence-electron chi connectivity index (χ4n) is 4.22. The Morgan fingerprint density at radius 2 is 1.62 bits per heavy atom. The zero-order chi connectivity index (χ0) is 31.0. The van der Waals surface area contributed by atoms with Gasteiger partial charge in [-0.2, -0.15) is 0 Å². The van der Waals surface area contributed by atoms with Crippen LogP contribution in [0, 0.1) is 6.92 Å². The smallest absolute Gasteiger partial charge is 0.264 e. The Morgan fingerprint density at radius 1 is 0.952 bits per heavy atom. The van der Waals surface area contributed by atoms with Gasteiger partial charge in [0.2, 0.25) is 11.8 Å². The molecule has 3 rings (SSSR count). The molecule has 0 saturated heterocycles. The van der Waals surface area contributed by atoms with Crippen LogP contribution < -0.4 is 19.1 Å². The predicted molar refractivity (Wildman–Crippen MR) is 165 cm³/mol. The number of carbonyl (C=O) groups excluding carboxylic acids is 2. The molecular formula is C31H38ClN3O6S. The van der Waals surface area contributed by atoms with Crippen molar-refractivity contribution in [3.05, 3.63) is 82.9 Å². The maximum atomic E-state index is 14.1. The van der Waals surface area contributed by atoms with Gasteiger partial charge in [0.1, 0.15) is 12.6 Å². The number of benzene rings is 3. The highest BCUT2D eigenvalue weighted by Gasteiger charge is 2.33. The summed E-state index contributed by atoms with van der Waals surface area (Å²) in [6.07, 6.45) is 0.714. The van der Waals surface area contributed by atoms with Crippen molar-refractivity contribution >= 4 is 39.1 Å². The lowest BCUT2D eigenvalue weighted by Crippen LogP contribution is -2.52. The number of aryl methyl sites for hydroxylation is 1. The molecule has 0 fully saturated rings. The molecule has 3 aromatic carbocycles. The van der Waals surface area contributed by atoms with E-state index in [1.807, 2.05) is 20.8 Å². The van der Waals surface area contributed by atoms with Crippen LogP contribution in [0.3, 0.4) is 0 Å². The number of carbonyl (C=O) groups is 2. The van der Waals surface area contributed by atoms with Gasteiger partial charge in [-0.15, -0.1) is 0 Å². The molecule has 1 N–H and O–H groups in total. The number of halogens is 1. The van der Waals surface area contributed by atoms with Crippen LogP contribution in [0.15, 0.2) is 71.6 Å². The number of methoxy groups -OCH3 is 2. The highest BCUT2D eigenvalue weighted by atomic mass is 35.5. The largest absolute Gasteiger partial charge is 0.493 e. The number of nitrogens with one attached hydrogen (secondary N) is 1. The SMILES string of the molecule is CC[C@H](C)NC(=O)[C@@H](C)N(Cc1cccc(Cl)c1)C(=O)CN(c1ccc(C)cc1)S(=O)(=O)c1ccc(OC)c(OC)c1. The van der Waals surface area contributed by atoms with E-state index in [9.17, 15) is 18.0 Å². The van der Waals surface area contributed by atoms with E-state index < -0.39 is 28.5 Å². The van der Waals surface area contributed by atoms with Gasteiger partial charge < -0.3 is 19.7 Å². The lowest BCUT2D eigenvalue weighted by atomic mass is 10.1. The first-order valence-corrected chi connectivity index (χ1v) is 15.4. The van der Waals surface area contributed by atoms with Gasteiger partial charge in [0.15, 0.2) is 11.5 Å². The molecule has 226 valence electrons. The minimum atomic E-state index is -4.27. The van der Waals surface area contributed by atoms with E-state index >= 15 is 0 Å². The van der Waals surface area contributed by atoms with Gasteiger partial charge in [0.25, 0.3) is 10.0 Å². The van der Waals surface area contributed by atoms with Gasteiger partial charge in [-0.25, -0.2) is 8.42 Å². The Hall–Kier alpha value is -3.76. The number of hydrogen-bond donors (Lipinski definition) is 1. The normalized spacial score (nSPS) is 12.6. The molecule has 0 unspecified atom stereocenters. The third-order valence-corrected chi connectivity index (χ3v) is 8.96. The molecule has 42 heavy (non-hydrogen) atoms. The van der Waals surface area contributed by atoms with Crippen LogP contribution >= 0.6 is 11.6 Å². The van der Waals surface area contributed by atoms with Gasteiger partial charge in [-0.3, -0.25) is 13.9 Å². The van der Waals surface area contributed by atoms with E-state index in [2.05, 4.69) is 5.32 Å². The van der Waals surface area contributed by atoms with Gasteiger partial charge in [-0.1, -0.05) is 48.4 Å². The fraction of sp³-hybridized carbons (Fsp3) is 0.355. The molecule has 0 aliphatic heterocycles. The Balaban J connectivity index is 2.06. The van der Waals surface area contributed by atoms with Crippen LogP contribution in [0.25, 0.3) is 0 Å². The van der Waals surface area contributed by atoms with E-state index in [1.54, 1.807) is 55.5 Å². The van der Waals surface area contributed by atoms with Crippen molar-refractivity contribution < 1.29 is 27.5 Å². The second kappa shape index (κ2) is 14.4. The first-order chi connectivity index (χ1) is 19.9. The van der Waals surface area contributed by atoms with Gasteiger partial charge in [0, 0.05) is 23.7 Å². The highest BCUT2D eigenvalue weighted by molar-refractivity contribution is 7.92. The number of ether oxygens (including phenoxy) is 2. The van der Waals surface area contributed by atoms with Crippen LogP contribution in [0.2, 0.25) is 5.02 Å². The van der Waals surface area contributed by atoms with Crippen molar-refractivity contribution in [1.29, 1.82) is 0 Å². The number of hydrogen-bond acceptors (Lipinski definition) is 6. The monoisotopic (exact) mass is 615 g/mol. The molecule has 0 saturated carbocycles. The molecule has 2 atom stereocenters. The Labute approximate surface area is 253 Å². The van der Waals surface area contributed by atoms with Crippen LogP contribution in [-0.4, -0.2) is 58.0 Å². The molecular weight excluding hydrogens is 578 g/mol. The van der Waals surface area contributed by atoms with Crippen molar-refractivity contribution in [2.45, 2.75) is 57.6 Å². The van der Waals surface area contributed by atoms with Crippen LogP contribution in [-0.2, 0) is 26.2 Å². The second-order valence-corrected chi connectivity index (χ2v) is 12.3. The third kappa shape index (κ3) is 7.95. The Morgan fingerprint density at radius 3 is 2.21 bits per heavy atom. The summed E-state index contributed by atoms with van der Waals surface area (Å²) < 4.78 is 39.8. The van der Waals surface area contributed by atoms with Crippen LogP contribution in [0.5, 0.6) is 11.5 Å². The summed E-state index contributed by atoms with van der Waals surface area (Å²) in [6, 6.07) is 17.0. The fourth-order valence-corrected chi connectivity index (χ4v) is 5.87. The Kier molecular flexibility index (Phi) is 11.2. The predicted octanol–water partition coefficient (Wildman–Crippen LogP) is 5.19. The molecule has 0 bridgehead atoms. The van der Waals surface area contributed by atoms with Crippen molar-refractivity contribution in [2.24, 2.45) is 0 Å². The van der Waals surface area contributed by atoms with Crippen LogP contribution in [0.4, 0.5) is 5.69 Å². The average Bonchev–Trinajstić information content (AvgIpc) is 2.98. The summed E-state index contributed by atoms with van der Waals surface area (Å²) in [5.41, 5.74) is 1.92. The number of sulfonamides is 1. The third-order valence-electron chi connectivity index (χ3n) is 6.95. The molecule has 0 aromatic heterocycles. The quantitative estimate of drug-likeness (QED) is 0.284. The molecule has 0 heterocycles. The first-order valence-electron chi connectivity index (χ1n) is 13.6. The topological polar surface area (TPSA) is 105 Å². The molecule has 0 aliphatic carbocycles. The molecule has 2 amide bonds. The zero-order valence-corrected chi connectivity index (χ0v) is 26.3. The summed E-state index contributed by atoms with van der Waals surface area (Å²) in [5, 5.41) is 3.40. The number of amides is 2. The average molecular weight is 616 g/mol. The van der Waals surface area contributed by atoms with E-state index in [0.717, 1.165) is 9.87 Å². The van der Waals surface area contributed by atoms with Crippen molar-refractivity contribution in [3.8, 4) is 11.5 Å². The minimum absolute atomic E-state index is 0.0482. The second-order valence-electron chi connectivity index (χ2n) is 10.0. The summed E-state index contributed by atoms with van der Waals surface area (Å²) in [6.45, 7) is 6.82. The van der Waals surface area contributed by atoms with Crippen molar-refractivity contribution in [3.63, 3.8) is 0 Å². The summed E-state index contributed by atoms with van der Waals surface area (Å²) >= 11 is 6.20. The van der Waals surface area contributed by atoms with Crippen molar-refractivity contribution in [1.82, 2.24) is 10.2 Å². The van der Waals surface area contributed by atoms with E-state index in [0.29, 0.717) is 28.4 Å². The molecule has 0 spiro atoms. The lowest BCUT2D eigenvalue weighted by Gasteiger charge is -2.32. The van der Waals surface area contributed by atoms with Crippen molar-refractivity contribution in [2.75, 3.05) is 25.1 Å². The first kappa shape index (κ1) is 32.8. The standard InChI is InChI=1S/C31H38ClN3O6S/c1-7-22(3)33-31(37)23(4)34(19-24-9-8-10-25(32)17-24)30(36)20-35(26-13-11-21(2)12-14-26)42(38,39)27-15-16-28(40-5)29(18-27)41-6/h8-18,22-23H,7,19-20H2,1-6H3,(H,33,37)/t22-,23+/m0/s1. The Bertz CT molecular complexity index is 1500. The highest BCUT2D eigenvalue weighted by Crippen LogP contribution is 2.32. The maximum absolute atomic E-state index is 14.1. The van der Waals surface area contributed by atoms with E-state index in [4.69, 9.17) is 21.1 Å². The van der Waals surface area contributed by atoms with Gasteiger partial charge >= 0.3 is 0 Å². The van der Waals surface area contributed by atoms with Gasteiger partial charge in [-0.05, 0) is 69.2 Å². The molecule has 0 radical (unpaired) electrons. The number of anilines is 1. The summed E-state index contributed by atoms with van der Waals surface area (Å²) in [7, 11) is -1.41. The number of nitrogens with zero attached hydrogens (tertiary/aromatic N) is 2. The molecule has 0 aliphatic rings. The lowest BCUT2D eigenvalue weighted by molar-refractivity contribution is -0.139.